The predicted molar refractivity (Wildman–Crippen MR) is 83.5 cm³/mol. The third-order valence-electron chi connectivity index (χ3n) is 5.18. The summed E-state index contributed by atoms with van der Waals surface area (Å²) >= 11 is 0. The second-order valence-electron chi connectivity index (χ2n) is 6.69. The third-order valence-corrected chi connectivity index (χ3v) is 5.18. The van der Waals surface area contributed by atoms with Crippen molar-refractivity contribution in [2.75, 3.05) is 6.61 Å². The van der Waals surface area contributed by atoms with Gasteiger partial charge in [-0.2, -0.15) is 0 Å². The Morgan fingerprint density at radius 2 is 2.14 bits per heavy atom. The van der Waals surface area contributed by atoms with Gasteiger partial charge in [0.05, 0.1) is 17.3 Å². The van der Waals surface area contributed by atoms with E-state index in [1.54, 1.807) is 0 Å². The van der Waals surface area contributed by atoms with E-state index in [-0.39, 0.29) is 11.6 Å². The number of ether oxygens (including phenoxy) is 1. The van der Waals surface area contributed by atoms with Gasteiger partial charge >= 0.3 is 0 Å². The van der Waals surface area contributed by atoms with Crippen molar-refractivity contribution in [2.24, 2.45) is 11.8 Å². The summed E-state index contributed by atoms with van der Waals surface area (Å²) in [6.45, 7) is 2.89. The highest BCUT2D eigenvalue weighted by molar-refractivity contribution is 5.15. The summed E-state index contributed by atoms with van der Waals surface area (Å²) in [7, 11) is 0. The summed E-state index contributed by atoms with van der Waals surface area (Å²) in [5.74, 6) is 6.38. The van der Waals surface area contributed by atoms with Crippen molar-refractivity contribution in [1.82, 2.24) is 10.4 Å². The van der Waals surface area contributed by atoms with Crippen LogP contribution in [0.25, 0.3) is 0 Å². The average Bonchev–Trinajstić information content (AvgIpc) is 2.49. The van der Waals surface area contributed by atoms with Crippen LogP contribution in [0.15, 0.2) is 18.2 Å². The van der Waals surface area contributed by atoms with Crippen LogP contribution in [0.2, 0.25) is 0 Å². The smallest absolute Gasteiger partial charge is 0.0686 e. The van der Waals surface area contributed by atoms with Crippen LogP contribution in [0.5, 0.6) is 0 Å². The molecule has 4 nitrogen and oxygen atoms in total. The van der Waals surface area contributed by atoms with Gasteiger partial charge in [0.2, 0.25) is 0 Å². The minimum Gasteiger partial charge on any atom is -0.375 e. The molecule has 1 aromatic rings. The van der Waals surface area contributed by atoms with Gasteiger partial charge in [-0.15, -0.1) is 0 Å². The van der Waals surface area contributed by atoms with Crippen molar-refractivity contribution in [3.05, 3.63) is 29.6 Å². The summed E-state index contributed by atoms with van der Waals surface area (Å²) in [6, 6.07) is 6.31. The highest BCUT2D eigenvalue weighted by Gasteiger charge is 2.41. The zero-order chi connectivity index (χ0) is 14.7. The van der Waals surface area contributed by atoms with Crippen LogP contribution < -0.4 is 11.3 Å². The molecule has 0 bridgehead atoms. The molecule has 1 saturated carbocycles. The van der Waals surface area contributed by atoms with Gasteiger partial charge in [-0.1, -0.05) is 25.3 Å². The minimum absolute atomic E-state index is 0.111. The SMILES string of the molecule is Cc1cccc(C(NN)C2CCOC3(CCCCC3)C2)n1. The van der Waals surface area contributed by atoms with E-state index in [0.717, 1.165) is 30.8 Å². The first-order chi connectivity index (χ1) is 10.2. The number of hydrogen-bond acceptors (Lipinski definition) is 4. The van der Waals surface area contributed by atoms with Crippen molar-refractivity contribution in [3.8, 4) is 0 Å². The first-order valence-corrected chi connectivity index (χ1v) is 8.26. The lowest BCUT2D eigenvalue weighted by atomic mass is 9.73. The number of aromatic nitrogens is 1. The van der Waals surface area contributed by atoms with Gasteiger partial charge in [0, 0.05) is 12.3 Å². The molecule has 1 saturated heterocycles. The summed E-state index contributed by atoms with van der Waals surface area (Å²) in [4.78, 5) is 4.67. The molecule has 2 aliphatic rings. The molecule has 1 spiro atoms. The summed E-state index contributed by atoms with van der Waals surface area (Å²) in [6.07, 6.45) is 8.55. The van der Waals surface area contributed by atoms with Gasteiger partial charge in [0.25, 0.3) is 0 Å². The zero-order valence-corrected chi connectivity index (χ0v) is 13.0. The van der Waals surface area contributed by atoms with Crippen molar-refractivity contribution < 1.29 is 4.74 Å². The fraction of sp³-hybridized carbons (Fsp3) is 0.706. The Hall–Kier alpha value is -0.970. The van der Waals surface area contributed by atoms with Crippen molar-refractivity contribution in [3.63, 3.8) is 0 Å². The lowest BCUT2D eigenvalue weighted by molar-refractivity contribution is -0.122. The van der Waals surface area contributed by atoms with Crippen molar-refractivity contribution in [1.29, 1.82) is 0 Å². The van der Waals surface area contributed by atoms with E-state index in [2.05, 4.69) is 22.5 Å². The van der Waals surface area contributed by atoms with E-state index >= 15 is 0 Å². The molecule has 0 amide bonds. The van der Waals surface area contributed by atoms with Crippen LogP contribution in [0.4, 0.5) is 0 Å². The number of nitrogens with zero attached hydrogens (tertiary/aromatic N) is 1. The standard InChI is InChI=1S/C17H27N3O/c1-13-6-5-7-15(19-13)16(20-18)14-8-11-21-17(12-14)9-3-2-4-10-17/h5-7,14,16,20H,2-4,8-12,18H2,1H3. The summed E-state index contributed by atoms with van der Waals surface area (Å²) < 4.78 is 6.20. The van der Waals surface area contributed by atoms with Crippen LogP contribution in [0.1, 0.15) is 62.4 Å². The molecule has 116 valence electrons. The average molecular weight is 289 g/mol. The second kappa shape index (κ2) is 6.42. The predicted octanol–water partition coefficient (Wildman–Crippen LogP) is 3.02. The molecule has 3 rings (SSSR count). The van der Waals surface area contributed by atoms with Crippen LogP contribution in [-0.2, 0) is 4.74 Å². The Morgan fingerprint density at radius 1 is 1.33 bits per heavy atom. The molecule has 2 heterocycles. The quantitative estimate of drug-likeness (QED) is 0.663. The fourth-order valence-corrected chi connectivity index (χ4v) is 4.10. The van der Waals surface area contributed by atoms with E-state index in [1.807, 2.05) is 13.0 Å². The molecule has 2 atom stereocenters. The highest BCUT2D eigenvalue weighted by Crippen LogP contribution is 2.43. The largest absolute Gasteiger partial charge is 0.375 e. The van der Waals surface area contributed by atoms with Gasteiger partial charge in [-0.25, -0.2) is 0 Å². The molecule has 21 heavy (non-hydrogen) atoms. The molecule has 3 N–H and O–H groups in total. The molecular formula is C17H27N3O. The topological polar surface area (TPSA) is 60.2 Å². The Bertz CT molecular complexity index is 465. The van der Waals surface area contributed by atoms with Gasteiger partial charge < -0.3 is 4.74 Å². The molecule has 1 aliphatic heterocycles. The maximum atomic E-state index is 6.20. The molecule has 0 radical (unpaired) electrons. The molecule has 0 aromatic carbocycles. The second-order valence-corrected chi connectivity index (χ2v) is 6.69. The van der Waals surface area contributed by atoms with Crippen molar-refractivity contribution >= 4 is 0 Å². The molecule has 2 unspecified atom stereocenters. The van der Waals surface area contributed by atoms with E-state index in [1.165, 1.54) is 32.1 Å². The van der Waals surface area contributed by atoms with E-state index in [0.29, 0.717) is 5.92 Å². The monoisotopic (exact) mass is 289 g/mol. The molecule has 4 heteroatoms. The first kappa shape index (κ1) is 14.9. The lowest BCUT2D eigenvalue weighted by Crippen LogP contribution is -2.46. The Morgan fingerprint density at radius 3 is 2.86 bits per heavy atom. The van der Waals surface area contributed by atoms with Crippen LogP contribution in [0, 0.1) is 12.8 Å². The van der Waals surface area contributed by atoms with Crippen LogP contribution >= 0.6 is 0 Å². The number of nitrogens with two attached hydrogens (primary N) is 1. The molecule has 1 aromatic heterocycles. The maximum Gasteiger partial charge on any atom is 0.0686 e. The third kappa shape index (κ3) is 3.28. The maximum absolute atomic E-state index is 6.20. The number of rotatable bonds is 3. The Kier molecular flexibility index (Phi) is 4.57. The van der Waals surface area contributed by atoms with Crippen LogP contribution in [-0.4, -0.2) is 17.2 Å². The summed E-state index contributed by atoms with van der Waals surface area (Å²) in [5, 5.41) is 0. The van der Waals surface area contributed by atoms with Gasteiger partial charge in [-0.3, -0.25) is 16.3 Å². The number of pyridine rings is 1. The summed E-state index contributed by atoms with van der Waals surface area (Å²) in [5.41, 5.74) is 5.24. The van der Waals surface area contributed by atoms with Gasteiger partial charge in [-0.05, 0) is 50.7 Å². The number of hydrogen-bond donors (Lipinski definition) is 2. The number of aryl methyl sites for hydroxylation is 1. The molecular weight excluding hydrogens is 262 g/mol. The number of nitrogens with one attached hydrogen (secondary N) is 1. The van der Waals surface area contributed by atoms with E-state index in [9.17, 15) is 0 Å². The number of hydrazine groups is 1. The van der Waals surface area contributed by atoms with E-state index < -0.39 is 0 Å². The van der Waals surface area contributed by atoms with Crippen molar-refractivity contribution in [2.45, 2.75) is 63.5 Å². The Labute approximate surface area is 127 Å². The molecule has 1 aliphatic carbocycles. The van der Waals surface area contributed by atoms with Gasteiger partial charge in [0.15, 0.2) is 0 Å². The van der Waals surface area contributed by atoms with E-state index in [4.69, 9.17) is 10.6 Å². The highest BCUT2D eigenvalue weighted by atomic mass is 16.5. The lowest BCUT2D eigenvalue weighted by Gasteiger charge is -2.45. The zero-order valence-electron chi connectivity index (χ0n) is 13.0. The minimum atomic E-state index is 0.111. The Balaban J connectivity index is 1.77. The normalized spacial score (nSPS) is 26.7. The molecule has 2 fully saturated rings. The fourth-order valence-electron chi connectivity index (χ4n) is 4.10. The van der Waals surface area contributed by atoms with Gasteiger partial charge in [0.1, 0.15) is 0 Å². The van der Waals surface area contributed by atoms with Crippen LogP contribution in [0.3, 0.4) is 0 Å². The first-order valence-electron chi connectivity index (χ1n) is 8.26.